The zero-order valence-corrected chi connectivity index (χ0v) is 11.7. The van der Waals surface area contributed by atoms with Crippen LogP contribution in [0.5, 0.6) is 0 Å². The molecule has 0 radical (unpaired) electrons. The lowest BCUT2D eigenvalue weighted by Gasteiger charge is -2.17. The first kappa shape index (κ1) is 14.3. The van der Waals surface area contributed by atoms with Crippen molar-refractivity contribution in [2.24, 2.45) is 5.73 Å². The Kier molecular flexibility index (Phi) is 4.91. The summed E-state index contributed by atoms with van der Waals surface area (Å²) in [4.78, 5) is 12.2. The van der Waals surface area contributed by atoms with Gasteiger partial charge in [0.1, 0.15) is 0 Å². The predicted molar refractivity (Wildman–Crippen MR) is 81.6 cm³/mol. The van der Waals surface area contributed by atoms with Gasteiger partial charge in [0.15, 0.2) is 0 Å². The molecule has 0 spiro atoms. The Morgan fingerprint density at radius 2 is 1.90 bits per heavy atom. The lowest BCUT2D eigenvalue weighted by molar-refractivity contribution is 0.0938. The lowest BCUT2D eigenvalue weighted by atomic mass is 10.1. The van der Waals surface area contributed by atoms with E-state index >= 15 is 0 Å². The van der Waals surface area contributed by atoms with Gasteiger partial charge in [0, 0.05) is 18.2 Å². The van der Waals surface area contributed by atoms with Crippen LogP contribution in [0.4, 0.5) is 0 Å². The van der Waals surface area contributed by atoms with Crippen molar-refractivity contribution < 1.29 is 4.79 Å². The molecule has 1 atom stereocenters. The van der Waals surface area contributed by atoms with Crippen LogP contribution >= 0.6 is 0 Å². The van der Waals surface area contributed by atoms with Crippen LogP contribution in [0.2, 0.25) is 0 Å². The van der Waals surface area contributed by atoms with Crippen molar-refractivity contribution in [3.63, 3.8) is 0 Å². The van der Waals surface area contributed by atoms with Gasteiger partial charge in [0.2, 0.25) is 0 Å². The number of amides is 1. The highest BCUT2D eigenvalue weighted by molar-refractivity contribution is 5.94. The highest BCUT2D eigenvalue weighted by Gasteiger charge is 2.13. The summed E-state index contributed by atoms with van der Waals surface area (Å²) in [6.07, 6.45) is 0.745. The van der Waals surface area contributed by atoms with Gasteiger partial charge in [-0.3, -0.25) is 4.79 Å². The van der Waals surface area contributed by atoms with Gasteiger partial charge in [-0.05, 0) is 31.0 Å². The Morgan fingerprint density at radius 1 is 1.15 bits per heavy atom. The van der Waals surface area contributed by atoms with Crippen LogP contribution in [0.3, 0.4) is 0 Å². The van der Waals surface area contributed by atoms with Gasteiger partial charge in [0.25, 0.3) is 5.91 Å². The highest BCUT2D eigenvalue weighted by atomic mass is 16.1. The Morgan fingerprint density at radius 3 is 2.55 bits per heavy atom. The average molecular weight is 268 g/mol. The summed E-state index contributed by atoms with van der Waals surface area (Å²) in [7, 11) is 0. The molecule has 104 valence electrons. The summed E-state index contributed by atoms with van der Waals surface area (Å²) in [5.74, 6) is -0.0694. The molecule has 0 saturated carbocycles. The molecule has 3 heteroatoms. The first-order chi connectivity index (χ1) is 9.69. The second-order valence-corrected chi connectivity index (χ2v) is 4.97. The third-order valence-electron chi connectivity index (χ3n) is 3.22. The normalized spacial score (nSPS) is 11.9. The third-order valence-corrected chi connectivity index (χ3v) is 3.22. The number of hydrogen-bond acceptors (Lipinski definition) is 2. The fraction of sp³-hybridized carbons (Fsp3) is 0.235. The van der Waals surface area contributed by atoms with Gasteiger partial charge in [-0.15, -0.1) is 0 Å². The largest absolute Gasteiger partial charge is 0.348 e. The van der Waals surface area contributed by atoms with Gasteiger partial charge in [-0.2, -0.15) is 0 Å². The molecule has 0 bridgehead atoms. The smallest absolute Gasteiger partial charge is 0.251 e. The van der Waals surface area contributed by atoms with E-state index in [1.54, 1.807) is 0 Å². The van der Waals surface area contributed by atoms with E-state index in [4.69, 9.17) is 5.73 Å². The molecule has 3 nitrogen and oxygen atoms in total. The minimum absolute atomic E-state index is 0.0505. The zero-order valence-electron chi connectivity index (χ0n) is 11.7. The lowest BCUT2D eigenvalue weighted by Crippen LogP contribution is -2.41. The van der Waals surface area contributed by atoms with Gasteiger partial charge >= 0.3 is 0 Å². The topological polar surface area (TPSA) is 55.1 Å². The molecule has 0 heterocycles. The number of hydrogen-bond donors (Lipinski definition) is 2. The number of carbonyl (C=O) groups excluding carboxylic acids is 1. The number of benzene rings is 2. The number of carbonyl (C=O) groups is 1. The van der Waals surface area contributed by atoms with Gasteiger partial charge in [-0.25, -0.2) is 0 Å². The molecule has 1 unspecified atom stereocenters. The van der Waals surface area contributed by atoms with E-state index in [0.29, 0.717) is 12.1 Å². The van der Waals surface area contributed by atoms with Gasteiger partial charge in [0.05, 0.1) is 0 Å². The maximum Gasteiger partial charge on any atom is 0.251 e. The van der Waals surface area contributed by atoms with Crippen molar-refractivity contribution in [3.8, 4) is 0 Å². The number of rotatable bonds is 5. The molecule has 0 aliphatic carbocycles. The second kappa shape index (κ2) is 6.87. The molecule has 2 aromatic carbocycles. The van der Waals surface area contributed by atoms with E-state index in [9.17, 15) is 4.79 Å². The summed E-state index contributed by atoms with van der Waals surface area (Å²) in [6.45, 7) is 2.40. The molecule has 20 heavy (non-hydrogen) atoms. The summed E-state index contributed by atoms with van der Waals surface area (Å²) in [6, 6.07) is 17.6. The monoisotopic (exact) mass is 268 g/mol. The zero-order chi connectivity index (χ0) is 14.4. The summed E-state index contributed by atoms with van der Waals surface area (Å²) in [5.41, 5.74) is 8.69. The van der Waals surface area contributed by atoms with Crippen molar-refractivity contribution in [1.82, 2.24) is 5.32 Å². The van der Waals surface area contributed by atoms with E-state index in [0.717, 1.165) is 12.0 Å². The molecule has 0 aromatic heterocycles. The standard InChI is InChI=1S/C17H20N2O/c1-13-6-5-9-15(10-13)17(20)19-16(12-18)11-14-7-3-2-4-8-14/h2-10,16H,11-12,18H2,1H3,(H,19,20). The van der Waals surface area contributed by atoms with Crippen LogP contribution in [0.25, 0.3) is 0 Å². The third kappa shape index (κ3) is 3.93. The van der Waals surface area contributed by atoms with Gasteiger partial charge < -0.3 is 11.1 Å². The van der Waals surface area contributed by atoms with Crippen LogP contribution in [0.1, 0.15) is 21.5 Å². The van der Waals surface area contributed by atoms with E-state index in [1.807, 2.05) is 61.5 Å². The summed E-state index contributed by atoms with van der Waals surface area (Å²) >= 11 is 0. The average Bonchev–Trinajstić information content (AvgIpc) is 2.47. The fourth-order valence-electron chi connectivity index (χ4n) is 2.15. The van der Waals surface area contributed by atoms with E-state index in [-0.39, 0.29) is 11.9 Å². The predicted octanol–water partition coefficient (Wildman–Crippen LogP) is 2.29. The first-order valence-electron chi connectivity index (χ1n) is 6.80. The molecule has 2 aromatic rings. The van der Waals surface area contributed by atoms with Crippen molar-refractivity contribution >= 4 is 5.91 Å². The SMILES string of the molecule is Cc1cccc(C(=O)NC(CN)Cc2ccccc2)c1. The molecule has 2 rings (SSSR count). The maximum absolute atomic E-state index is 12.2. The molecule has 0 saturated heterocycles. The van der Waals surface area contributed by atoms with Crippen molar-refractivity contribution in [2.75, 3.05) is 6.54 Å². The Hall–Kier alpha value is -2.13. The van der Waals surface area contributed by atoms with Crippen molar-refractivity contribution in [3.05, 3.63) is 71.3 Å². The molecule has 1 amide bonds. The highest BCUT2D eigenvalue weighted by Crippen LogP contribution is 2.06. The quantitative estimate of drug-likeness (QED) is 0.874. The minimum atomic E-state index is -0.0694. The Balaban J connectivity index is 2.01. The maximum atomic E-state index is 12.2. The van der Waals surface area contributed by atoms with Crippen LogP contribution in [0.15, 0.2) is 54.6 Å². The minimum Gasteiger partial charge on any atom is -0.348 e. The number of aryl methyl sites for hydroxylation is 1. The molecular weight excluding hydrogens is 248 g/mol. The molecule has 0 aliphatic heterocycles. The first-order valence-corrected chi connectivity index (χ1v) is 6.80. The van der Waals surface area contributed by atoms with Gasteiger partial charge in [-0.1, -0.05) is 48.0 Å². The Bertz CT molecular complexity index is 566. The van der Waals surface area contributed by atoms with Crippen molar-refractivity contribution in [2.45, 2.75) is 19.4 Å². The molecular formula is C17H20N2O. The Labute approximate surface area is 119 Å². The van der Waals surface area contributed by atoms with E-state index in [1.165, 1.54) is 5.56 Å². The second-order valence-electron chi connectivity index (χ2n) is 4.97. The fourth-order valence-corrected chi connectivity index (χ4v) is 2.15. The molecule has 3 N–H and O–H groups in total. The molecule has 0 fully saturated rings. The number of nitrogens with two attached hydrogens (primary N) is 1. The summed E-state index contributed by atoms with van der Waals surface area (Å²) in [5, 5.41) is 2.99. The van der Waals surface area contributed by atoms with Crippen LogP contribution < -0.4 is 11.1 Å². The van der Waals surface area contributed by atoms with E-state index in [2.05, 4.69) is 5.32 Å². The van der Waals surface area contributed by atoms with E-state index < -0.39 is 0 Å². The molecule has 0 aliphatic rings. The van der Waals surface area contributed by atoms with Crippen molar-refractivity contribution in [1.29, 1.82) is 0 Å². The van der Waals surface area contributed by atoms with Crippen LogP contribution in [-0.4, -0.2) is 18.5 Å². The van der Waals surface area contributed by atoms with Crippen LogP contribution in [0, 0.1) is 6.92 Å². The van der Waals surface area contributed by atoms with Crippen LogP contribution in [-0.2, 0) is 6.42 Å². The number of nitrogens with one attached hydrogen (secondary N) is 1. The summed E-state index contributed by atoms with van der Waals surface area (Å²) < 4.78 is 0.